The fraction of sp³-hybridized carbons (Fsp3) is 0.905. The van der Waals surface area contributed by atoms with Gasteiger partial charge in [0.15, 0.2) is 5.96 Å². The molecule has 6 heteroatoms. The summed E-state index contributed by atoms with van der Waals surface area (Å²) >= 11 is 0. The largest absolute Gasteiger partial charge is 0.356 e. The van der Waals surface area contributed by atoms with E-state index < -0.39 is 0 Å². The topological polar surface area (TPSA) is 51.2 Å². The van der Waals surface area contributed by atoms with E-state index in [9.17, 15) is 4.79 Å². The van der Waals surface area contributed by atoms with Gasteiger partial charge in [0.2, 0.25) is 5.91 Å². The molecule has 0 aromatic heterocycles. The van der Waals surface area contributed by atoms with Crippen molar-refractivity contribution >= 4 is 11.9 Å². The predicted molar refractivity (Wildman–Crippen MR) is 111 cm³/mol. The van der Waals surface area contributed by atoms with Gasteiger partial charge in [0.05, 0.1) is 6.04 Å². The molecule has 1 N–H and O–H groups in total. The molecule has 0 spiro atoms. The third kappa shape index (κ3) is 5.59. The average Bonchev–Trinajstić information content (AvgIpc) is 3.41. The summed E-state index contributed by atoms with van der Waals surface area (Å²) in [5.74, 6) is 2.31. The zero-order chi connectivity index (χ0) is 19.1. The molecular formula is C21H39N5O. The molecular weight excluding hydrogens is 338 g/mol. The second kappa shape index (κ2) is 10.3. The molecule has 1 unspecified atom stereocenters. The first-order valence-corrected chi connectivity index (χ1v) is 11.2. The van der Waals surface area contributed by atoms with Crippen LogP contribution in [-0.4, -0.2) is 85.5 Å². The van der Waals surface area contributed by atoms with E-state index in [1.54, 1.807) is 0 Å². The maximum absolute atomic E-state index is 12.6. The van der Waals surface area contributed by atoms with Crippen LogP contribution < -0.4 is 5.32 Å². The first-order chi connectivity index (χ1) is 13.2. The van der Waals surface area contributed by atoms with Crippen LogP contribution in [0.4, 0.5) is 0 Å². The number of nitrogens with zero attached hydrogens (tertiary/aromatic N) is 4. The molecule has 1 atom stereocenters. The van der Waals surface area contributed by atoms with Gasteiger partial charge in [0.1, 0.15) is 0 Å². The minimum atomic E-state index is 0.00614. The number of hydrogen-bond acceptors (Lipinski definition) is 3. The molecule has 0 aromatic rings. The van der Waals surface area contributed by atoms with Crippen molar-refractivity contribution in [2.75, 3.05) is 52.9 Å². The van der Waals surface area contributed by atoms with Gasteiger partial charge in [-0.3, -0.25) is 14.7 Å². The van der Waals surface area contributed by atoms with Crippen molar-refractivity contribution in [3.05, 3.63) is 0 Å². The molecule has 154 valence electrons. The van der Waals surface area contributed by atoms with Crippen LogP contribution in [0.5, 0.6) is 0 Å². The SMILES string of the molecule is CN=C(NCCCC1CCCC1)N1CCN(C(C)C(=O)N2CCCC2)CC1. The number of carbonyl (C=O) groups is 1. The third-order valence-electron chi connectivity index (χ3n) is 6.70. The number of hydrogen-bond donors (Lipinski definition) is 1. The highest BCUT2D eigenvalue weighted by atomic mass is 16.2. The Bertz CT molecular complexity index is 489. The minimum absolute atomic E-state index is 0.00614. The first kappa shape index (κ1) is 20.4. The minimum Gasteiger partial charge on any atom is -0.356 e. The van der Waals surface area contributed by atoms with E-state index in [1.165, 1.54) is 38.5 Å². The molecule has 1 saturated carbocycles. The normalized spacial score (nSPS) is 23.9. The van der Waals surface area contributed by atoms with Crippen LogP contribution in [0.15, 0.2) is 4.99 Å². The van der Waals surface area contributed by atoms with Crippen molar-refractivity contribution in [1.29, 1.82) is 0 Å². The van der Waals surface area contributed by atoms with Crippen LogP contribution in [0.25, 0.3) is 0 Å². The van der Waals surface area contributed by atoms with Gasteiger partial charge in [0, 0.05) is 52.9 Å². The van der Waals surface area contributed by atoms with Crippen LogP contribution in [0, 0.1) is 5.92 Å². The van der Waals surface area contributed by atoms with E-state index in [2.05, 4.69) is 27.0 Å². The van der Waals surface area contributed by atoms with Crippen molar-refractivity contribution in [3.63, 3.8) is 0 Å². The lowest BCUT2D eigenvalue weighted by atomic mass is 10.0. The second-order valence-corrected chi connectivity index (χ2v) is 8.50. The zero-order valence-electron chi connectivity index (χ0n) is 17.5. The lowest BCUT2D eigenvalue weighted by molar-refractivity contribution is -0.135. The Hall–Kier alpha value is -1.30. The summed E-state index contributed by atoms with van der Waals surface area (Å²) in [7, 11) is 1.88. The van der Waals surface area contributed by atoms with E-state index in [-0.39, 0.29) is 6.04 Å². The molecule has 0 radical (unpaired) electrons. The summed E-state index contributed by atoms with van der Waals surface area (Å²) in [5, 5.41) is 3.56. The van der Waals surface area contributed by atoms with E-state index in [1.807, 2.05) is 11.9 Å². The molecule has 6 nitrogen and oxygen atoms in total. The Balaban J connectivity index is 1.36. The van der Waals surface area contributed by atoms with Crippen LogP contribution in [0.1, 0.15) is 58.3 Å². The van der Waals surface area contributed by atoms with Gasteiger partial charge in [-0.25, -0.2) is 0 Å². The summed E-state index contributed by atoms with van der Waals surface area (Å²) in [4.78, 5) is 23.8. The van der Waals surface area contributed by atoms with Crippen molar-refractivity contribution < 1.29 is 4.79 Å². The Morgan fingerprint density at radius 3 is 2.30 bits per heavy atom. The quantitative estimate of drug-likeness (QED) is 0.438. The fourth-order valence-corrected chi connectivity index (χ4v) is 4.90. The number of likely N-dealkylation sites (tertiary alicyclic amines) is 1. The van der Waals surface area contributed by atoms with Gasteiger partial charge in [-0.15, -0.1) is 0 Å². The third-order valence-corrected chi connectivity index (χ3v) is 6.70. The van der Waals surface area contributed by atoms with Crippen molar-refractivity contribution in [3.8, 4) is 0 Å². The fourth-order valence-electron chi connectivity index (χ4n) is 4.90. The number of carbonyl (C=O) groups excluding carboxylic acids is 1. The standard InChI is InChI=1S/C21H39N5O/c1-18(20(27)25-12-5-6-13-25)24-14-16-26(17-15-24)21(22-2)23-11-7-10-19-8-3-4-9-19/h18-19H,3-17H2,1-2H3,(H,22,23). The molecule has 3 aliphatic rings. The second-order valence-electron chi connectivity index (χ2n) is 8.50. The molecule has 1 aliphatic carbocycles. The predicted octanol–water partition coefficient (Wildman–Crippen LogP) is 2.16. The maximum atomic E-state index is 12.6. The summed E-state index contributed by atoms with van der Waals surface area (Å²) < 4.78 is 0. The molecule has 2 heterocycles. The van der Waals surface area contributed by atoms with Gasteiger partial charge in [-0.05, 0) is 38.5 Å². The molecule has 3 fully saturated rings. The molecule has 3 rings (SSSR count). The van der Waals surface area contributed by atoms with Gasteiger partial charge in [-0.2, -0.15) is 0 Å². The van der Waals surface area contributed by atoms with E-state index in [0.29, 0.717) is 5.91 Å². The van der Waals surface area contributed by atoms with E-state index in [4.69, 9.17) is 0 Å². The highest BCUT2D eigenvalue weighted by molar-refractivity contribution is 5.82. The van der Waals surface area contributed by atoms with E-state index in [0.717, 1.165) is 70.5 Å². The number of piperazine rings is 1. The number of nitrogens with one attached hydrogen (secondary N) is 1. The number of rotatable bonds is 6. The molecule has 0 bridgehead atoms. The zero-order valence-corrected chi connectivity index (χ0v) is 17.5. The van der Waals surface area contributed by atoms with Crippen LogP contribution in [0.2, 0.25) is 0 Å². The Labute approximate surface area is 165 Å². The molecule has 0 aromatic carbocycles. The Kier molecular flexibility index (Phi) is 7.80. The lowest BCUT2D eigenvalue weighted by Crippen LogP contribution is -2.57. The summed E-state index contributed by atoms with van der Waals surface area (Å²) in [6.45, 7) is 8.74. The van der Waals surface area contributed by atoms with Crippen molar-refractivity contribution in [1.82, 2.24) is 20.0 Å². The highest BCUT2D eigenvalue weighted by Crippen LogP contribution is 2.28. The summed E-state index contributed by atoms with van der Waals surface area (Å²) in [5.41, 5.74) is 0. The average molecular weight is 378 g/mol. The Morgan fingerprint density at radius 2 is 1.67 bits per heavy atom. The monoisotopic (exact) mass is 377 g/mol. The summed E-state index contributed by atoms with van der Waals surface area (Å²) in [6, 6.07) is 0.00614. The lowest BCUT2D eigenvalue weighted by Gasteiger charge is -2.39. The summed E-state index contributed by atoms with van der Waals surface area (Å²) in [6.07, 6.45) is 10.7. The van der Waals surface area contributed by atoms with Gasteiger partial charge in [-0.1, -0.05) is 25.7 Å². The number of amides is 1. The molecule has 2 saturated heterocycles. The maximum Gasteiger partial charge on any atom is 0.239 e. The molecule has 1 amide bonds. The Morgan fingerprint density at radius 1 is 1.00 bits per heavy atom. The number of aliphatic imine (C=N–C) groups is 1. The van der Waals surface area contributed by atoms with Crippen LogP contribution in [0.3, 0.4) is 0 Å². The molecule has 27 heavy (non-hydrogen) atoms. The van der Waals surface area contributed by atoms with Crippen LogP contribution in [-0.2, 0) is 4.79 Å². The van der Waals surface area contributed by atoms with E-state index >= 15 is 0 Å². The first-order valence-electron chi connectivity index (χ1n) is 11.2. The van der Waals surface area contributed by atoms with Gasteiger partial charge < -0.3 is 15.1 Å². The smallest absolute Gasteiger partial charge is 0.239 e. The van der Waals surface area contributed by atoms with Crippen molar-refractivity contribution in [2.24, 2.45) is 10.9 Å². The highest BCUT2D eigenvalue weighted by Gasteiger charge is 2.30. The van der Waals surface area contributed by atoms with Crippen LogP contribution >= 0.6 is 0 Å². The van der Waals surface area contributed by atoms with Gasteiger partial charge in [0.25, 0.3) is 0 Å². The van der Waals surface area contributed by atoms with Gasteiger partial charge >= 0.3 is 0 Å². The molecule has 2 aliphatic heterocycles. The number of guanidine groups is 1. The van der Waals surface area contributed by atoms with Crippen molar-refractivity contribution in [2.45, 2.75) is 64.3 Å².